The van der Waals surface area contributed by atoms with Crippen molar-refractivity contribution >= 4 is 65.8 Å². The number of benzene rings is 1. The topological polar surface area (TPSA) is 25.8 Å². The Morgan fingerprint density at radius 2 is 0.867 bits per heavy atom. The molecule has 0 saturated heterocycles. The van der Waals surface area contributed by atoms with Gasteiger partial charge in [-0.15, -0.1) is 45.3 Å². The highest BCUT2D eigenvalue weighted by Gasteiger charge is 2.30. The highest BCUT2D eigenvalue weighted by molar-refractivity contribution is 7.23. The van der Waals surface area contributed by atoms with Crippen LogP contribution in [0.25, 0.3) is 41.3 Å². The molecule has 1 aromatic carbocycles. The van der Waals surface area contributed by atoms with Crippen LogP contribution >= 0.6 is 45.3 Å². The first-order valence-corrected chi connectivity index (χ1v) is 20.7. The smallest absolute Gasteiger partial charge is 0.0992 e. The molecule has 6 heteroatoms. The fourth-order valence-corrected chi connectivity index (χ4v) is 10.6. The second-order valence-electron chi connectivity index (χ2n) is 14.9. The summed E-state index contributed by atoms with van der Waals surface area (Å²) in [5.74, 6) is 0. The molecule has 4 aromatic heterocycles. The minimum atomic E-state index is -0.00681. The number of aryl methyl sites for hydroxylation is 2. The fourth-order valence-electron chi connectivity index (χ4n) is 5.91. The molecule has 0 fully saturated rings. The Hall–Kier alpha value is -1.60. The summed E-state index contributed by atoms with van der Waals surface area (Å²) in [6.45, 7) is 18.4. The monoisotopic (exact) mass is 678 g/mol. The third-order valence-corrected chi connectivity index (χ3v) is 13.9. The molecule has 0 saturated carbocycles. The van der Waals surface area contributed by atoms with Crippen LogP contribution in [0.3, 0.4) is 0 Å². The van der Waals surface area contributed by atoms with Gasteiger partial charge in [0.05, 0.1) is 30.4 Å². The zero-order valence-corrected chi connectivity index (χ0v) is 32.3. The summed E-state index contributed by atoms with van der Waals surface area (Å²) >= 11 is 7.76. The van der Waals surface area contributed by atoms with Crippen LogP contribution in [-0.2, 0) is 23.7 Å². The van der Waals surface area contributed by atoms with Crippen LogP contribution in [0.4, 0.5) is 0 Å². The van der Waals surface area contributed by atoms with Gasteiger partial charge in [-0.1, -0.05) is 113 Å². The van der Waals surface area contributed by atoms with Gasteiger partial charge in [-0.05, 0) is 49.9 Å². The molecule has 0 aliphatic carbocycles. The molecule has 2 nitrogen and oxygen atoms in total. The van der Waals surface area contributed by atoms with Crippen molar-refractivity contribution in [1.82, 2.24) is 9.97 Å². The standard InChI is InChI=1S/C39H54N2S4/c1-9-11-13-15-17-19-21-27-23-25-29(43-27)31-33-34(44-37(41-33)39(6,7)8)30(32-35(31)45-36(40-32)38(3,4)5)28-24-22-26(42-28)20-18-16-14-12-10-2/h22-25H,9-21H2,1-8H3. The molecule has 0 atom stereocenters. The Kier molecular flexibility index (Phi) is 11.6. The molecule has 5 rings (SSSR count). The molecule has 0 amide bonds. The molecule has 0 radical (unpaired) electrons. The maximum atomic E-state index is 5.47. The van der Waals surface area contributed by atoms with Crippen LogP contribution in [0.15, 0.2) is 24.3 Å². The van der Waals surface area contributed by atoms with E-state index in [4.69, 9.17) is 9.97 Å². The van der Waals surface area contributed by atoms with Crippen LogP contribution in [0.5, 0.6) is 0 Å². The Morgan fingerprint density at radius 3 is 1.24 bits per heavy atom. The SMILES string of the molecule is CCCCCCCCc1ccc(-c2c3nc(C(C)(C)C)sc3c(-c3ccc(CCCCCCC)s3)c3nc(C(C)(C)C)sc23)s1. The lowest BCUT2D eigenvalue weighted by molar-refractivity contribution is 0.587. The molecule has 0 aliphatic rings. The van der Waals surface area contributed by atoms with Crippen LogP contribution in [0.1, 0.15) is 146 Å². The average molecular weight is 679 g/mol. The Labute approximate surface area is 288 Å². The van der Waals surface area contributed by atoms with E-state index in [1.807, 2.05) is 45.3 Å². The van der Waals surface area contributed by atoms with Gasteiger partial charge < -0.3 is 0 Å². The van der Waals surface area contributed by atoms with Gasteiger partial charge in [0.15, 0.2) is 0 Å². The van der Waals surface area contributed by atoms with Gasteiger partial charge in [0.25, 0.3) is 0 Å². The highest BCUT2D eigenvalue weighted by Crippen LogP contribution is 2.51. The predicted octanol–water partition coefficient (Wildman–Crippen LogP) is 14.4. The summed E-state index contributed by atoms with van der Waals surface area (Å²) < 4.78 is 2.63. The minimum Gasteiger partial charge on any atom is -0.240 e. The van der Waals surface area contributed by atoms with Gasteiger partial charge in [-0.3, -0.25) is 0 Å². The van der Waals surface area contributed by atoms with Gasteiger partial charge >= 0.3 is 0 Å². The van der Waals surface area contributed by atoms with Gasteiger partial charge in [0.1, 0.15) is 0 Å². The van der Waals surface area contributed by atoms with E-state index in [1.165, 1.54) is 145 Å². The lowest BCUT2D eigenvalue weighted by Gasteiger charge is -2.13. The summed E-state index contributed by atoms with van der Waals surface area (Å²) in [6, 6.07) is 9.50. The van der Waals surface area contributed by atoms with Crippen molar-refractivity contribution in [1.29, 1.82) is 0 Å². The largest absolute Gasteiger partial charge is 0.240 e. The van der Waals surface area contributed by atoms with Crippen molar-refractivity contribution in [2.75, 3.05) is 0 Å². The summed E-state index contributed by atoms with van der Waals surface area (Å²) in [5, 5.41) is 2.43. The van der Waals surface area contributed by atoms with E-state index in [1.54, 1.807) is 0 Å². The first kappa shape index (κ1) is 34.7. The number of nitrogens with zero attached hydrogens (tertiary/aromatic N) is 2. The summed E-state index contributed by atoms with van der Waals surface area (Å²) in [5.41, 5.74) is 4.98. The molecular weight excluding hydrogens is 625 g/mol. The molecule has 0 bridgehead atoms. The summed E-state index contributed by atoms with van der Waals surface area (Å²) in [4.78, 5) is 16.6. The third kappa shape index (κ3) is 8.28. The molecule has 5 aromatic rings. The van der Waals surface area contributed by atoms with Crippen LogP contribution < -0.4 is 0 Å². The number of aromatic nitrogens is 2. The number of hydrogen-bond donors (Lipinski definition) is 0. The average Bonchev–Trinajstić information content (AvgIpc) is 3.79. The number of thiazole rings is 2. The van der Waals surface area contributed by atoms with Crippen LogP contribution in [-0.4, -0.2) is 9.97 Å². The van der Waals surface area contributed by atoms with Crippen molar-refractivity contribution in [2.24, 2.45) is 0 Å². The first-order chi connectivity index (χ1) is 21.5. The van der Waals surface area contributed by atoms with E-state index in [0.717, 1.165) is 0 Å². The van der Waals surface area contributed by atoms with E-state index in [9.17, 15) is 0 Å². The van der Waals surface area contributed by atoms with E-state index in [-0.39, 0.29) is 10.8 Å². The Balaban J connectivity index is 1.60. The second-order valence-corrected chi connectivity index (χ2v) is 19.2. The van der Waals surface area contributed by atoms with E-state index in [0.29, 0.717) is 0 Å². The predicted molar refractivity (Wildman–Crippen MR) is 206 cm³/mol. The van der Waals surface area contributed by atoms with Crippen molar-refractivity contribution < 1.29 is 0 Å². The molecular formula is C39H54N2S4. The maximum absolute atomic E-state index is 5.47. The lowest BCUT2D eigenvalue weighted by atomic mass is 9.98. The zero-order chi connectivity index (χ0) is 32.2. The summed E-state index contributed by atoms with van der Waals surface area (Å²) in [6.07, 6.45) is 17.0. The van der Waals surface area contributed by atoms with Crippen molar-refractivity contribution in [3.63, 3.8) is 0 Å². The first-order valence-electron chi connectivity index (χ1n) is 17.5. The number of rotatable bonds is 15. The zero-order valence-electron chi connectivity index (χ0n) is 29.0. The molecule has 0 N–H and O–H groups in total. The molecule has 0 unspecified atom stereocenters. The normalized spacial score (nSPS) is 12.7. The minimum absolute atomic E-state index is 0.00681. The second kappa shape index (κ2) is 15.1. The number of unbranched alkanes of at least 4 members (excludes halogenated alkanes) is 9. The van der Waals surface area contributed by atoms with Gasteiger partial charge in [0, 0.05) is 41.5 Å². The van der Waals surface area contributed by atoms with Gasteiger partial charge in [-0.2, -0.15) is 0 Å². The fraction of sp³-hybridized carbons (Fsp3) is 0.590. The molecule has 0 aliphatic heterocycles. The number of thiophene rings is 2. The Morgan fingerprint density at radius 1 is 0.489 bits per heavy atom. The van der Waals surface area contributed by atoms with E-state index < -0.39 is 0 Å². The highest BCUT2D eigenvalue weighted by atomic mass is 32.1. The Bertz CT molecular complexity index is 1610. The lowest BCUT2D eigenvalue weighted by Crippen LogP contribution is -2.10. The van der Waals surface area contributed by atoms with Gasteiger partial charge in [-0.25, -0.2) is 9.97 Å². The van der Waals surface area contributed by atoms with Crippen molar-refractivity contribution in [2.45, 2.75) is 150 Å². The number of hydrogen-bond acceptors (Lipinski definition) is 6. The number of fused-ring (bicyclic) bond motifs is 2. The molecule has 244 valence electrons. The van der Waals surface area contributed by atoms with Crippen molar-refractivity contribution in [3.8, 4) is 20.9 Å². The molecule has 4 heterocycles. The molecule has 0 spiro atoms. The quantitative estimate of drug-likeness (QED) is 0.103. The van der Waals surface area contributed by atoms with Gasteiger partial charge in [0.2, 0.25) is 0 Å². The van der Waals surface area contributed by atoms with Crippen LogP contribution in [0.2, 0.25) is 0 Å². The third-order valence-electron chi connectivity index (χ3n) is 8.58. The van der Waals surface area contributed by atoms with E-state index in [2.05, 4.69) is 79.7 Å². The van der Waals surface area contributed by atoms with E-state index >= 15 is 0 Å². The molecule has 45 heavy (non-hydrogen) atoms. The maximum Gasteiger partial charge on any atom is 0.0992 e. The van der Waals surface area contributed by atoms with Crippen molar-refractivity contribution in [3.05, 3.63) is 44.0 Å². The summed E-state index contributed by atoms with van der Waals surface area (Å²) in [7, 11) is 0. The van der Waals surface area contributed by atoms with Crippen LogP contribution in [0, 0.1) is 0 Å².